The second-order valence-electron chi connectivity index (χ2n) is 4.78. The van der Waals surface area contributed by atoms with Gasteiger partial charge in [-0.05, 0) is 30.9 Å². The predicted molar refractivity (Wildman–Crippen MR) is 58.8 cm³/mol. The van der Waals surface area contributed by atoms with Gasteiger partial charge in [0.15, 0.2) is 0 Å². The van der Waals surface area contributed by atoms with Crippen molar-refractivity contribution in [2.24, 2.45) is 0 Å². The van der Waals surface area contributed by atoms with Gasteiger partial charge >= 0.3 is 5.97 Å². The van der Waals surface area contributed by atoms with Gasteiger partial charge in [-0.2, -0.15) is 0 Å². The summed E-state index contributed by atoms with van der Waals surface area (Å²) in [5.74, 6) is 0.111. The van der Waals surface area contributed by atoms with E-state index in [0.29, 0.717) is 5.41 Å². The molecule has 0 unspecified atom stereocenters. The Hall–Kier alpha value is -1.51. The fraction of sp³-hybridized carbons (Fsp3) is 0.462. The summed E-state index contributed by atoms with van der Waals surface area (Å²) >= 11 is 0. The van der Waals surface area contributed by atoms with E-state index in [1.165, 1.54) is 18.4 Å². The molecule has 0 saturated heterocycles. The molecule has 1 fully saturated rings. The molecule has 1 aromatic carbocycles. The van der Waals surface area contributed by atoms with Crippen LogP contribution in [0, 0.1) is 0 Å². The van der Waals surface area contributed by atoms with Crippen molar-refractivity contribution in [1.82, 2.24) is 0 Å². The zero-order valence-electron chi connectivity index (χ0n) is 9.03. The number of fused-ring (bicyclic) bond motifs is 2. The van der Waals surface area contributed by atoms with Crippen molar-refractivity contribution in [3.05, 3.63) is 29.3 Å². The number of hydrogen-bond acceptors (Lipinski definition) is 2. The van der Waals surface area contributed by atoms with E-state index >= 15 is 0 Å². The Morgan fingerprint density at radius 3 is 2.88 bits per heavy atom. The predicted octanol–water partition coefficient (Wildman–Crippen LogP) is 2.13. The Balaban J connectivity index is 1.96. The standard InChI is InChI=1S/C13H14O3/c14-12(15)8-9-1-2-10-11(7-9)16-6-5-13(10)3-4-13/h1-2,7H,3-6,8H2,(H,14,15). The molecule has 0 atom stereocenters. The first kappa shape index (κ1) is 9.70. The fourth-order valence-corrected chi connectivity index (χ4v) is 2.57. The summed E-state index contributed by atoms with van der Waals surface area (Å²) in [4.78, 5) is 10.6. The lowest BCUT2D eigenvalue weighted by Crippen LogP contribution is -2.20. The topological polar surface area (TPSA) is 46.5 Å². The van der Waals surface area contributed by atoms with Crippen molar-refractivity contribution in [2.75, 3.05) is 6.61 Å². The van der Waals surface area contributed by atoms with Crippen LogP contribution < -0.4 is 4.74 Å². The highest BCUT2D eigenvalue weighted by atomic mass is 16.5. The number of aliphatic carboxylic acids is 1. The zero-order chi connectivity index (χ0) is 11.2. The SMILES string of the molecule is O=C(O)Cc1ccc2c(c1)OCCC21CC1. The number of ether oxygens (including phenoxy) is 1. The third-order valence-corrected chi connectivity index (χ3v) is 3.66. The molecule has 0 aromatic heterocycles. The molecule has 3 rings (SSSR count). The van der Waals surface area contributed by atoms with Gasteiger partial charge in [-0.25, -0.2) is 0 Å². The minimum Gasteiger partial charge on any atom is -0.493 e. The number of carboxylic acid groups (broad SMARTS) is 1. The third-order valence-electron chi connectivity index (χ3n) is 3.66. The van der Waals surface area contributed by atoms with Crippen LogP contribution in [0.1, 0.15) is 30.4 Å². The van der Waals surface area contributed by atoms with E-state index in [4.69, 9.17) is 9.84 Å². The molecule has 1 aromatic rings. The lowest BCUT2D eigenvalue weighted by Gasteiger charge is -2.26. The van der Waals surface area contributed by atoms with Gasteiger partial charge in [0.1, 0.15) is 5.75 Å². The molecule has 84 valence electrons. The van der Waals surface area contributed by atoms with E-state index in [0.717, 1.165) is 24.3 Å². The first-order chi connectivity index (χ1) is 7.70. The maximum Gasteiger partial charge on any atom is 0.307 e. The number of carbonyl (C=O) groups is 1. The van der Waals surface area contributed by atoms with Crippen molar-refractivity contribution >= 4 is 5.97 Å². The summed E-state index contributed by atoms with van der Waals surface area (Å²) in [6.07, 6.45) is 3.69. The third kappa shape index (κ3) is 1.47. The molecule has 1 spiro atoms. The summed E-state index contributed by atoms with van der Waals surface area (Å²) in [5, 5.41) is 8.75. The second-order valence-corrected chi connectivity index (χ2v) is 4.78. The van der Waals surface area contributed by atoms with Gasteiger partial charge in [0.05, 0.1) is 13.0 Å². The van der Waals surface area contributed by atoms with Crippen LogP contribution in [-0.2, 0) is 16.6 Å². The minimum atomic E-state index is -0.795. The maximum atomic E-state index is 10.6. The lowest BCUT2D eigenvalue weighted by atomic mass is 9.89. The van der Waals surface area contributed by atoms with Crippen LogP contribution >= 0.6 is 0 Å². The van der Waals surface area contributed by atoms with Crippen LogP contribution in [0.15, 0.2) is 18.2 Å². The second kappa shape index (κ2) is 3.24. The summed E-state index contributed by atoms with van der Waals surface area (Å²) < 4.78 is 5.63. The van der Waals surface area contributed by atoms with Crippen LogP contribution in [0.2, 0.25) is 0 Å². The van der Waals surface area contributed by atoms with Gasteiger partial charge in [-0.3, -0.25) is 4.79 Å². The van der Waals surface area contributed by atoms with Gasteiger partial charge in [-0.1, -0.05) is 12.1 Å². The Kier molecular flexibility index (Phi) is 1.96. The molecule has 1 aliphatic heterocycles. The van der Waals surface area contributed by atoms with Gasteiger partial charge in [0.25, 0.3) is 0 Å². The quantitative estimate of drug-likeness (QED) is 0.827. The van der Waals surface area contributed by atoms with Crippen LogP contribution in [0.25, 0.3) is 0 Å². The highest BCUT2D eigenvalue weighted by Gasteiger charge is 2.47. The molecule has 2 aliphatic rings. The minimum absolute atomic E-state index is 0.0731. The molecule has 0 amide bonds. The average molecular weight is 218 g/mol. The molecule has 1 N–H and O–H groups in total. The highest BCUT2D eigenvalue weighted by Crippen LogP contribution is 2.55. The summed E-state index contributed by atoms with van der Waals surface area (Å²) in [6, 6.07) is 5.87. The number of carboxylic acids is 1. The fourth-order valence-electron chi connectivity index (χ4n) is 2.57. The van der Waals surface area contributed by atoms with Crippen molar-refractivity contribution in [1.29, 1.82) is 0 Å². The normalized spacial score (nSPS) is 20.0. The monoisotopic (exact) mass is 218 g/mol. The molecule has 3 nitrogen and oxygen atoms in total. The molecular weight excluding hydrogens is 204 g/mol. The molecule has 0 bridgehead atoms. The van der Waals surface area contributed by atoms with Crippen molar-refractivity contribution in [2.45, 2.75) is 31.1 Å². The molecule has 1 heterocycles. The van der Waals surface area contributed by atoms with Crippen molar-refractivity contribution in [3.8, 4) is 5.75 Å². The lowest BCUT2D eigenvalue weighted by molar-refractivity contribution is -0.136. The van der Waals surface area contributed by atoms with E-state index in [1.54, 1.807) is 0 Å². The summed E-state index contributed by atoms with van der Waals surface area (Å²) in [7, 11) is 0. The van der Waals surface area contributed by atoms with E-state index in [9.17, 15) is 4.79 Å². The number of hydrogen-bond donors (Lipinski definition) is 1. The van der Waals surface area contributed by atoms with Gasteiger partial charge in [0, 0.05) is 11.0 Å². The summed E-state index contributed by atoms with van der Waals surface area (Å²) in [5.41, 5.74) is 2.48. The Morgan fingerprint density at radius 2 is 2.19 bits per heavy atom. The Morgan fingerprint density at radius 1 is 1.38 bits per heavy atom. The highest BCUT2D eigenvalue weighted by molar-refractivity contribution is 5.70. The summed E-state index contributed by atoms with van der Waals surface area (Å²) in [6.45, 7) is 0.767. The Labute approximate surface area is 94.0 Å². The molecule has 1 aliphatic carbocycles. The first-order valence-corrected chi connectivity index (χ1v) is 5.68. The van der Waals surface area contributed by atoms with E-state index in [1.807, 2.05) is 12.1 Å². The van der Waals surface area contributed by atoms with Gasteiger partial charge in [-0.15, -0.1) is 0 Å². The van der Waals surface area contributed by atoms with Crippen LogP contribution in [0.5, 0.6) is 5.75 Å². The molecule has 1 saturated carbocycles. The number of rotatable bonds is 2. The van der Waals surface area contributed by atoms with Crippen LogP contribution in [0.3, 0.4) is 0 Å². The zero-order valence-corrected chi connectivity index (χ0v) is 9.03. The van der Waals surface area contributed by atoms with E-state index in [2.05, 4.69) is 6.07 Å². The van der Waals surface area contributed by atoms with Gasteiger partial charge < -0.3 is 9.84 Å². The molecule has 3 heteroatoms. The van der Waals surface area contributed by atoms with E-state index in [-0.39, 0.29) is 6.42 Å². The van der Waals surface area contributed by atoms with Crippen molar-refractivity contribution in [3.63, 3.8) is 0 Å². The van der Waals surface area contributed by atoms with Crippen LogP contribution in [-0.4, -0.2) is 17.7 Å². The number of benzene rings is 1. The average Bonchev–Trinajstić information content (AvgIpc) is 2.98. The van der Waals surface area contributed by atoms with Crippen molar-refractivity contribution < 1.29 is 14.6 Å². The molecular formula is C13H14O3. The van der Waals surface area contributed by atoms with Gasteiger partial charge in [0.2, 0.25) is 0 Å². The maximum absolute atomic E-state index is 10.6. The Bertz CT molecular complexity index is 446. The largest absolute Gasteiger partial charge is 0.493 e. The first-order valence-electron chi connectivity index (χ1n) is 5.68. The molecule has 16 heavy (non-hydrogen) atoms. The molecule has 0 radical (unpaired) electrons. The smallest absolute Gasteiger partial charge is 0.307 e. The van der Waals surface area contributed by atoms with Crippen LogP contribution in [0.4, 0.5) is 0 Å². The van der Waals surface area contributed by atoms with E-state index < -0.39 is 5.97 Å².